The Hall–Kier alpha value is -1.67. The van der Waals surface area contributed by atoms with Crippen LogP contribution in [-0.4, -0.2) is 29.8 Å². The maximum Gasteiger partial charge on any atom is 0.317 e. The van der Waals surface area contributed by atoms with Crippen molar-refractivity contribution in [2.45, 2.75) is 13.3 Å². The number of aromatic nitrogens is 2. The molecule has 1 fully saturated rings. The van der Waals surface area contributed by atoms with Crippen molar-refractivity contribution in [2.24, 2.45) is 5.92 Å². The van der Waals surface area contributed by atoms with Gasteiger partial charge in [0.2, 0.25) is 0 Å². The molecule has 84 valence electrons. The second kappa shape index (κ2) is 4.90. The van der Waals surface area contributed by atoms with Crippen LogP contribution in [0.2, 0.25) is 0 Å². The third-order valence-corrected chi connectivity index (χ3v) is 2.42. The van der Waals surface area contributed by atoms with Crippen molar-refractivity contribution in [1.82, 2.24) is 9.97 Å². The van der Waals surface area contributed by atoms with E-state index in [1.165, 1.54) is 0 Å². The predicted molar refractivity (Wildman–Crippen MR) is 55.9 cm³/mol. The summed E-state index contributed by atoms with van der Waals surface area (Å²) in [4.78, 5) is 8.10. The summed E-state index contributed by atoms with van der Waals surface area (Å²) in [7, 11) is 0. The smallest absolute Gasteiger partial charge is 0.317 e. The maximum atomic E-state index is 8.75. The summed E-state index contributed by atoms with van der Waals surface area (Å²) in [5, 5.41) is 8.75. The molecule has 1 saturated heterocycles. The molecular formula is C11H13N3O2. The van der Waals surface area contributed by atoms with Gasteiger partial charge in [0.15, 0.2) is 0 Å². The first-order chi connectivity index (χ1) is 7.78. The molecule has 1 aliphatic rings. The van der Waals surface area contributed by atoms with Crippen LogP contribution >= 0.6 is 0 Å². The van der Waals surface area contributed by atoms with Crippen molar-refractivity contribution in [2.75, 3.05) is 19.8 Å². The molecule has 0 radical (unpaired) electrons. The number of nitrogens with zero attached hydrogens (tertiary/aromatic N) is 3. The molecule has 2 rings (SSSR count). The van der Waals surface area contributed by atoms with Gasteiger partial charge in [-0.25, -0.2) is 4.98 Å². The Morgan fingerprint density at radius 3 is 3.19 bits per heavy atom. The van der Waals surface area contributed by atoms with Crippen LogP contribution in [0.25, 0.3) is 0 Å². The highest BCUT2D eigenvalue weighted by molar-refractivity contribution is 5.23. The molecule has 0 aromatic carbocycles. The largest absolute Gasteiger partial charge is 0.463 e. The molecule has 5 heteroatoms. The molecule has 1 aliphatic heterocycles. The van der Waals surface area contributed by atoms with Gasteiger partial charge in [-0.2, -0.15) is 10.2 Å². The van der Waals surface area contributed by atoms with E-state index in [9.17, 15) is 0 Å². The van der Waals surface area contributed by atoms with Crippen molar-refractivity contribution in [1.29, 1.82) is 5.26 Å². The van der Waals surface area contributed by atoms with E-state index in [-0.39, 0.29) is 6.01 Å². The van der Waals surface area contributed by atoms with Gasteiger partial charge in [0.05, 0.1) is 13.2 Å². The van der Waals surface area contributed by atoms with E-state index in [1.807, 2.05) is 13.0 Å². The molecular weight excluding hydrogens is 206 g/mol. The highest BCUT2D eigenvalue weighted by Gasteiger charge is 2.16. The average Bonchev–Trinajstić information content (AvgIpc) is 2.78. The standard InChI is InChI=1S/C11H13N3O2/c1-8-4-10(5-12)14-11(13-8)16-7-9-2-3-15-6-9/h4,9H,2-3,6-7H2,1H3. The topological polar surface area (TPSA) is 68.0 Å². The van der Waals surface area contributed by atoms with E-state index in [1.54, 1.807) is 6.07 Å². The van der Waals surface area contributed by atoms with E-state index in [0.717, 1.165) is 25.3 Å². The van der Waals surface area contributed by atoms with Crippen molar-refractivity contribution < 1.29 is 9.47 Å². The first-order valence-electron chi connectivity index (χ1n) is 5.24. The SMILES string of the molecule is Cc1cc(C#N)nc(OCC2CCOC2)n1. The van der Waals surface area contributed by atoms with Crippen LogP contribution < -0.4 is 4.74 Å². The summed E-state index contributed by atoms with van der Waals surface area (Å²) in [5.41, 5.74) is 1.08. The summed E-state index contributed by atoms with van der Waals surface area (Å²) in [6.45, 7) is 3.89. The summed E-state index contributed by atoms with van der Waals surface area (Å²) < 4.78 is 10.7. The minimum atomic E-state index is 0.281. The second-order valence-corrected chi connectivity index (χ2v) is 3.83. The normalized spacial score (nSPS) is 19.4. The first kappa shape index (κ1) is 10.8. The zero-order chi connectivity index (χ0) is 11.4. The molecule has 1 aromatic rings. The van der Waals surface area contributed by atoms with Crippen LogP contribution in [0.15, 0.2) is 6.07 Å². The lowest BCUT2D eigenvalue weighted by Gasteiger charge is -2.08. The minimum Gasteiger partial charge on any atom is -0.463 e. The van der Waals surface area contributed by atoms with Crippen LogP contribution in [0.4, 0.5) is 0 Å². The zero-order valence-corrected chi connectivity index (χ0v) is 9.14. The van der Waals surface area contributed by atoms with Crippen LogP contribution in [0.3, 0.4) is 0 Å². The summed E-state index contributed by atoms with van der Waals surface area (Å²) >= 11 is 0. The molecule has 0 bridgehead atoms. The Kier molecular flexibility index (Phi) is 3.32. The van der Waals surface area contributed by atoms with E-state index < -0.39 is 0 Å². The summed E-state index contributed by atoms with van der Waals surface area (Å²) in [6, 6.07) is 3.89. The maximum absolute atomic E-state index is 8.75. The first-order valence-corrected chi connectivity index (χ1v) is 5.24. The molecule has 0 spiro atoms. The Morgan fingerprint density at radius 1 is 1.62 bits per heavy atom. The van der Waals surface area contributed by atoms with Crippen molar-refractivity contribution in [3.63, 3.8) is 0 Å². The molecule has 5 nitrogen and oxygen atoms in total. The third-order valence-electron chi connectivity index (χ3n) is 2.42. The Labute approximate surface area is 94.0 Å². The van der Waals surface area contributed by atoms with Crippen LogP contribution in [0, 0.1) is 24.2 Å². The van der Waals surface area contributed by atoms with Crippen molar-refractivity contribution >= 4 is 0 Å². The van der Waals surface area contributed by atoms with Gasteiger partial charge in [0.25, 0.3) is 0 Å². The lowest BCUT2D eigenvalue weighted by molar-refractivity contribution is 0.163. The lowest BCUT2D eigenvalue weighted by atomic mass is 10.1. The molecule has 0 saturated carbocycles. The highest BCUT2D eigenvalue weighted by Crippen LogP contribution is 2.14. The molecule has 0 amide bonds. The number of ether oxygens (including phenoxy) is 2. The molecule has 16 heavy (non-hydrogen) atoms. The summed E-state index contributed by atoms with van der Waals surface area (Å²) in [5.74, 6) is 0.412. The average molecular weight is 219 g/mol. The predicted octanol–water partition coefficient (Wildman–Crippen LogP) is 1.07. The zero-order valence-electron chi connectivity index (χ0n) is 9.14. The van der Waals surface area contributed by atoms with Gasteiger partial charge in [0, 0.05) is 18.2 Å². The number of rotatable bonds is 3. The molecule has 1 aromatic heterocycles. The fraction of sp³-hybridized carbons (Fsp3) is 0.545. The fourth-order valence-electron chi connectivity index (χ4n) is 1.57. The Balaban J connectivity index is 1.98. The lowest BCUT2D eigenvalue weighted by Crippen LogP contribution is -2.13. The van der Waals surface area contributed by atoms with Crippen LogP contribution in [0.1, 0.15) is 17.8 Å². The van der Waals surface area contributed by atoms with Gasteiger partial charge in [-0.3, -0.25) is 0 Å². The fourth-order valence-corrected chi connectivity index (χ4v) is 1.57. The van der Waals surface area contributed by atoms with Gasteiger partial charge in [-0.05, 0) is 19.4 Å². The monoisotopic (exact) mass is 219 g/mol. The summed E-state index contributed by atoms with van der Waals surface area (Å²) in [6.07, 6.45) is 1.01. The molecule has 0 N–H and O–H groups in total. The van der Waals surface area contributed by atoms with E-state index in [2.05, 4.69) is 9.97 Å². The molecule has 2 heterocycles. The Bertz CT molecular complexity index is 408. The minimum absolute atomic E-state index is 0.281. The number of nitriles is 1. The van der Waals surface area contributed by atoms with E-state index in [0.29, 0.717) is 18.2 Å². The van der Waals surface area contributed by atoms with Gasteiger partial charge < -0.3 is 9.47 Å². The molecule has 1 atom stereocenters. The van der Waals surface area contributed by atoms with Crippen LogP contribution in [0.5, 0.6) is 6.01 Å². The quantitative estimate of drug-likeness (QED) is 0.760. The van der Waals surface area contributed by atoms with Crippen molar-refractivity contribution in [3.05, 3.63) is 17.5 Å². The van der Waals surface area contributed by atoms with Gasteiger partial charge in [-0.15, -0.1) is 0 Å². The number of aryl methyl sites for hydroxylation is 1. The third kappa shape index (κ3) is 2.67. The molecule has 0 aliphatic carbocycles. The number of hydrogen-bond acceptors (Lipinski definition) is 5. The number of hydrogen-bond donors (Lipinski definition) is 0. The van der Waals surface area contributed by atoms with E-state index >= 15 is 0 Å². The van der Waals surface area contributed by atoms with E-state index in [4.69, 9.17) is 14.7 Å². The molecule has 1 unspecified atom stereocenters. The highest BCUT2D eigenvalue weighted by atomic mass is 16.5. The van der Waals surface area contributed by atoms with Gasteiger partial charge in [-0.1, -0.05) is 0 Å². The van der Waals surface area contributed by atoms with Crippen molar-refractivity contribution in [3.8, 4) is 12.1 Å². The Morgan fingerprint density at radius 2 is 2.50 bits per heavy atom. The van der Waals surface area contributed by atoms with Crippen LogP contribution in [-0.2, 0) is 4.74 Å². The van der Waals surface area contributed by atoms with Gasteiger partial charge in [0.1, 0.15) is 11.8 Å². The van der Waals surface area contributed by atoms with Gasteiger partial charge >= 0.3 is 6.01 Å². The second-order valence-electron chi connectivity index (χ2n) is 3.83.